The van der Waals surface area contributed by atoms with Crippen molar-refractivity contribution in [3.05, 3.63) is 77.3 Å². The third kappa shape index (κ3) is 4.53. The molecule has 0 saturated heterocycles. The molecular formula is C18H19ClN3O+. The zero-order valence-electron chi connectivity index (χ0n) is 13.0. The molecule has 1 unspecified atom stereocenters. The van der Waals surface area contributed by atoms with Crippen molar-refractivity contribution in [2.75, 3.05) is 13.7 Å². The third-order valence-electron chi connectivity index (χ3n) is 3.63. The van der Waals surface area contributed by atoms with Crippen molar-refractivity contribution in [1.82, 2.24) is 5.01 Å². The van der Waals surface area contributed by atoms with Crippen LogP contribution in [0.2, 0.25) is 5.02 Å². The molecule has 2 aromatic carbocycles. The van der Waals surface area contributed by atoms with Crippen molar-refractivity contribution in [3.8, 4) is 0 Å². The highest BCUT2D eigenvalue weighted by Crippen LogP contribution is 2.17. The van der Waals surface area contributed by atoms with E-state index in [-0.39, 0.29) is 6.04 Å². The van der Waals surface area contributed by atoms with Crippen LogP contribution in [0.1, 0.15) is 11.1 Å². The molecule has 0 spiro atoms. The molecule has 1 aliphatic heterocycles. The molecule has 0 saturated carbocycles. The second-order valence-electron chi connectivity index (χ2n) is 5.49. The zero-order chi connectivity index (χ0) is 16.1. The maximum Gasteiger partial charge on any atom is 0.279 e. The van der Waals surface area contributed by atoms with Gasteiger partial charge in [0.1, 0.15) is 6.54 Å². The lowest BCUT2D eigenvalue weighted by Gasteiger charge is -2.09. The second kappa shape index (κ2) is 7.57. The summed E-state index contributed by atoms with van der Waals surface area (Å²) in [6.07, 6.45) is 0. The summed E-state index contributed by atoms with van der Waals surface area (Å²) in [6, 6.07) is 18.0. The molecule has 1 atom stereocenters. The van der Waals surface area contributed by atoms with Crippen molar-refractivity contribution >= 4 is 11.6 Å². The van der Waals surface area contributed by atoms with Gasteiger partial charge in [0.2, 0.25) is 0 Å². The fourth-order valence-corrected chi connectivity index (χ4v) is 2.49. The number of nitrogens with zero attached hydrogens (tertiary/aromatic N) is 3. The van der Waals surface area contributed by atoms with E-state index in [1.165, 1.54) is 5.56 Å². The zero-order valence-corrected chi connectivity index (χ0v) is 13.8. The van der Waals surface area contributed by atoms with E-state index in [2.05, 4.69) is 23.9 Å². The molecule has 4 nitrogen and oxygen atoms in total. The predicted molar refractivity (Wildman–Crippen MR) is 88.7 cm³/mol. The first kappa shape index (κ1) is 16.0. The standard InChI is InChI=1S/C18H19ClN3O/c1-21-18(14-23-13-16-5-3-2-4-6-16)12-22(20-21)11-15-7-9-17(19)10-8-15/h2-10,18H,11,13-14H2,1H3/q+1. The Morgan fingerprint density at radius 3 is 2.61 bits per heavy atom. The quantitative estimate of drug-likeness (QED) is 0.755. The highest BCUT2D eigenvalue weighted by molar-refractivity contribution is 6.30. The monoisotopic (exact) mass is 328 g/mol. The largest absolute Gasteiger partial charge is 0.372 e. The van der Waals surface area contributed by atoms with Gasteiger partial charge in [-0.3, -0.25) is 0 Å². The minimum atomic E-state index is 0.0333. The summed E-state index contributed by atoms with van der Waals surface area (Å²) in [6.45, 7) is 5.16. The SMILES string of the molecule is CN1N=[N+](Cc2ccc(Cl)cc2)[C]C1COCc1ccccc1. The molecule has 2 radical (unpaired) electrons. The molecular weight excluding hydrogens is 310 g/mol. The van der Waals surface area contributed by atoms with Crippen molar-refractivity contribution in [1.29, 1.82) is 0 Å². The molecule has 0 fully saturated rings. The van der Waals surface area contributed by atoms with Crippen molar-refractivity contribution in [2.24, 2.45) is 5.22 Å². The molecule has 23 heavy (non-hydrogen) atoms. The topological polar surface area (TPSA) is 27.8 Å². The van der Waals surface area contributed by atoms with Gasteiger partial charge in [0.15, 0.2) is 6.04 Å². The number of rotatable bonds is 6. The Morgan fingerprint density at radius 1 is 1.13 bits per heavy atom. The Balaban J connectivity index is 1.47. The Hall–Kier alpha value is -1.91. The minimum Gasteiger partial charge on any atom is -0.372 e. The van der Waals surface area contributed by atoms with Gasteiger partial charge in [-0.2, -0.15) is 5.01 Å². The summed E-state index contributed by atoms with van der Waals surface area (Å²) in [5.74, 6) is 0. The number of hydrogen-bond acceptors (Lipinski definition) is 3. The van der Waals surface area contributed by atoms with Crippen LogP contribution in [-0.2, 0) is 17.9 Å². The second-order valence-corrected chi connectivity index (χ2v) is 5.93. The first-order valence-corrected chi connectivity index (χ1v) is 7.93. The molecule has 2 aromatic rings. The van der Waals surface area contributed by atoms with Gasteiger partial charge in [0, 0.05) is 5.02 Å². The smallest absolute Gasteiger partial charge is 0.279 e. The van der Waals surface area contributed by atoms with Crippen LogP contribution in [0.5, 0.6) is 0 Å². The summed E-state index contributed by atoms with van der Waals surface area (Å²) in [5, 5.41) is 7.07. The number of likely N-dealkylation sites (N-methyl/N-ethyl adjacent to an activating group) is 1. The van der Waals surface area contributed by atoms with Gasteiger partial charge in [0.05, 0.1) is 25.5 Å². The lowest BCUT2D eigenvalue weighted by atomic mass is 10.2. The van der Waals surface area contributed by atoms with Crippen molar-refractivity contribution in [3.63, 3.8) is 0 Å². The molecule has 1 heterocycles. The molecule has 0 aromatic heterocycles. The summed E-state index contributed by atoms with van der Waals surface area (Å²) >= 11 is 5.90. The first-order valence-electron chi connectivity index (χ1n) is 7.55. The maximum atomic E-state index is 5.90. The molecule has 0 N–H and O–H groups in total. The number of hydrogen-bond donors (Lipinski definition) is 0. The van der Waals surface area contributed by atoms with Crippen LogP contribution in [0.3, 0.4) is 0 Å². The van der Waals surface area contributed by atoms with Gasteiger partial charge in [-0.25, -0.2) is 0 Å². The van der Waals surface area contributed by atoms with Crippen LogP contribution in [-0.4, -0.2) is 29.4 Å². The Morgan fingerprint density at radius 2 is 1.87 bits per heavy atom. The van der Waals surface area contributed by atoms with Gasteiger partial charge < -0.3 is 4.74 Å². The molecule has 1 aliphatic rings. The van der Waals surface area contributed by atoms with E-state index in [0.29, 0.717) is 19.8 Å². The van der Waals surface area contributed by atoms with E-state index in [9.17, 15) is 0 Å². The molecule has 118 valence electrons. The lowest BCUT2D eigenvalue weighted by Crippen LogP contribution is -2.28. The number of halogens is 1. The average molecular weight is 329 g/mol. The Labute approximate surface area is 141 Å². The van der Waals surface area contributed by atoms with Gasteiger partial charge in [-0.1, -0.05) is 54.1 Å². The van der Waals surface area contributed by atoms with Crippen molar-refractivity contribution in [2.45, 2.75) is 19.2 Å². The number of ether oxygens (including phenoxy) is 1. The lowest BCUT2D eigenvalue weighted by molar-refractivity contribution is -0.567. The van der Waals surface area contributed by atoms with Gasteiger partial charge >= 0.3 is 0 Å². The summed E-state index contributed by atoms with van der Waals surface area (Å²) in [5.41, 5.74) is 2.31. The van der Waals surface area contributed by atoms with Crippen molar-refractivity contribution < 1.29 is 9.43 Å². The molecule has 0 bridgehead atoms. The summed E-state index contributed by atoms with van der Waals surface area (Å²) in [7, 11) is 1.94. The Kier molecular flexibility index (Phi) is 5.26. The van der Waals surface area contributed by atoms with Crippen LogP contribution >= 0.6 is 11.6 Å². The fraction of sp³-hybridized carbons (Fsp3) is 0.278. The highest BCUT2D eigenvalue weighted by atomic mass is 35.5. The van der Waals surface area contributed by atoms with E-state index in [1.807, 2.05) is 59.2 Å². The van der Waals surface area contributed by atoms with Gasteiger partial charge in [0.25, 0.3) is 6.54 Å². The molecule has 0 aliphatic carbocycles. The predicted octanol–water partition coefficient (Wildman–Crippen LogP) is 3.79. The summed E-state index contributed by atoms with van der Waals surface area (Å²) < 4.78 is 7.60. The molecule has 3 rings (SSSR count). The van der Waals surface area contributed by atoms with Crippen LogP contribution in [0.15, 0.2) is 59.8 Å². The molecule has 5 heteroatoms. The van der Waals surface area contributed by atoms with E-state index < -0.39 is 0 Å². The highest BCUT2D eigenvalue weighted by Gasteiger charge is 2.33. The third-order valence-corrected chi connectivity index (χ3v) is 3.88. The Bertz CT molecular complexity index is 658. The van der Waals surface area contributed by atoms with Crippen LogP contribution < -0.4 is 0 Å². The van der Waals surface area contributed by atoms with Gasteiger partial charge in [-0.15, -0.1) is 4.70 Å². The minimum absolute atomic E-state index is 0.0333. The van der Waals surface area contributed by atoms with Crippen LogP contribution in [0, 0.1) is 6.54 Å². The van der Waals surface area contributed by atoms with Crippen LogP contribution in [0.25, 0.3) is 0 Å². The van der Waals surface area contributed by atoms with E-state index >= 15 is 0 Å². The fourth-order valence-electron chi connectivity index (χ4n) is 2.36. The normalized spacial score (nSPS) is 17.4. The first-order chi connectivity index (χ1) is 11.2. The van der Waals surface area contributed by atoms with E-state index in [0.717, 1.165) is 10.6 Å². The van der Waals surface area contributed by atoms with Gasteiger partial charge in [-0.05, 0) is 23.3 Å². The van der Waals surface area contributed by atoms with Crippen LogP contribution in [0.4, 0.5) is 0 Å². The molecule has 0 amide bonds. The van der Waals surface area contributed by atoms with E-state index in [1.54, 1.807) is 0 Å². The number of benzene rings is 2. The average Bonchev–Trinajstić information content (AvgIpc) is 2.90. The maximum absolute atomic E-state index is 5.90. The van der Waals surface area contributed by atoms with E-state index in [4.69, 9.17) is 16.3 Å². The summed E-state index contributed by atoms with van der Waals surface area (Å²) in [4.78, 5) is 0.